The third-order valence-electron chi connectivity index (χ3n) is 2.17. The molecule has 0 fully saturated rings. The van der Waals surface area contributed by atoms with Gasteiger partial charge in [0.1, 0.15) is 0 Å². The summed E-state index contributed by atoms with van der Waals surface area (Å²) in [4.78, 5) is 0. The van der Waals surface area contributed by atoms with Crippen molar-refractivity contribution in [3.05, 3.63) is 35.5 Å². The fourth-order valence-corrected chi connectivity index (χ4v) is 1.48. The molecule has 1 aromatic carbocycles. The summed E-state index contributed by atoms with van der Waals surface area (Å²) in [5.74, 6) is 0. The van der Waals surface area contributed by atoms with Crippen molar-refractivity contribution >= 4 is 17.0 Å². The van der Waals surface area contributed by atoms with Gasteiger partial charge in [-0.15, -0.1) is 0 Å². The highest BCUT2D eigenvalue weighted by molar-refractivity contribution is 5.82. The van der Waals surface area contributed by atoms with Crippen molar-refractivity contribution in [2.45, 2.75) is 13.8 Å². The molecule has 13 heavy (non-hydrogen) atoms. The number of aromatic nitrogens is 2. The molecule has 0 amide bonds. The molecule has 0 aliphatic heterocycles. The maximum atomic E-state index is 3.99. The molecule has 1 N–H and O–H groups in total. The fourth-order valence-electron chi connectivity index (χ4n) is 1.48. The van der Waals surface area contributed by atoms with Gasteiger partial charge in [-0.1, -0.05) is 12.2 Å². The van der Waals surface area contributed by atoms with E-state index in [1.165, 1.54) is 16.5 Å². The van der Waals surface area contributed by atoms with Crippen molar-refractivity contribution in [1.82, 2.24) is 10.2 Å². The van der Waals surface area contributed by atoms with E-state index >= 15 is 0 Å². The van der Waals surface area contributed by atoms with Crippen LogP contribution in [0.1, 0.15) is 18.1 Å². The molecule has 1 aromatic heterocycles. The van der Waals surface area contributed by atoms with E-state index in [9.17, 15) is 0 Å². The first-order valence-corrected chi connectivity index (χ1v) is 4.37. The molecule has 0 atom stereocenters. The molecule has 0 aliphatic carbocycles. The van der Waals surface area contributed by atoms with Gasteiger partial charge in [-0.3, -0.25) is 5.10 Å². The predicted octanol–water partition coefficient (Wildman–Crippen LogP) is 2.90. The number of hydrogen-bond donors (Lipinski definition) is 1. The van der Waals surface area contributed by atoms with Gasteiger partial charge >= 0.3 is 0 Å². The lowest BCUT2D eigenvalue weighted by atomic mass is 10.1. The highest BCUT2D eigenvalue weighted by atomic mass is 15.1. The van der Waals surface area contributed by atoms with E-state index in [4.69, 9.17) is 0 Å². The Labute approximate surface area is 77.3 Å². The van der Waals surface area contributed by atoms with Gasteiger partial charge in [0.15, 0.2) is 0 Å². The van der Waals surface area contributed by atoms with Crippen LogP contribution in [-0.4, -0.2) is 10.2 Å². The highest BCUT2D eigenvalue weighted by Gasteiger charge is 1.99. The van der Waals surface area contributed by atoms with Gasteiger partial charge in [0.05, 0.1) is 11.7 Å². The van der Waals surface area contributed by atoms with Gasteiger partial charge in [-0.2, -0.15) is 5.10 Å². The molecule has 2 aromatic rings. The smallest absolute Gasteiger partial charge is 0.0653 e. The maximum absolute atomic E-state index is 3.99. The first-order valence-electron chi connectivity index (χ1n) is 4.37. The van der Waals surface area contributed by atoms with E-state index in [0.29, 0.717) is 0 Å². The molecule has 2 nitrogen and oxygen atoms in total. The molecule has 0 saturated carbocycles. The van der Waals surface area contributed by atoms with Crippen molar-refractivity contribution in [3.8, 4) is 0 Å². The molecular formula is C11H12N2. The Balaban J connectivity index is 2.69. The van der Waals surface area contributed by atoms with Crippen molar-refractivity contribution in [3.63, 3.8) is 0 Å². The molecule has 1 heterocycles. The maximum Gasteiger partial charge on any atom is 0.0653 e. The van der Waals surface area contributed by atoms with Crippen LogP contribution >= 0.6 is 0 Å². The number of H-pyrrole nitrogens is 1. The SMILES string of the molecule is C/C=C\c1cc2cn[nH]c2cc1C. The first-order chi connectivity index (χ1) is 6.31. The molecule has 0 unspecified atom stereocenters. The van der Waals surface area contributed by atoms with Crippen LogP contribution in [0, 0.1) is 6.92 Å². The van der Waals surface area contributed by atoms with Crippen LogP contribution in [-0.2, 0) is 0 Å². The van der Waals surface area contributed by atoms with E-state index in [0.717, 1.165) is 5.52 Å². The average molecular weight is 172 g/mol. The van der Waals surface area contributed by atoms with E-state index < -0.39 is 0 Å². The Morgan fingerprint density at radius 1 is 1.38 bits per heavy atom. The summed E-state index contributed by atoms with van der Waals surface area (Å²) in [6, 6.07) is 4.27. The summed E-state index contributed by atoms with van der Waals surface area (Å²) in [5.41, 5.74) is 3.64. The van der Waals surface area contributed by atoms with Crippen molar-refractivity contribution < 1.29 is 0 Å². The zero-order valence-electron chi connectivity index (χ0n) is 7.83. The molecule has 0 bridgehead atoms. The van der Waals surface area contributed by atoms with E-state index in [1.54, 1.807) is 0 Å². The number of aryl methyl sites for hydroxylation is 1. The minimum absolute atomic E-state index is 1.10. The van der Waals surface area contributed by atoms with E-state index in [-0.39, 0.29) is 0 Å². The van der Waals surface area contributed by atoms with Crippen LogP contribution in [0.2, 0.25) is 0 Å². The molecular weight excluding hydrogens is 160 g/mol. The lowest BCUT2D eigenvalue weighted by molar-refractivity contribution is 1.12. The Morgan fingerprint density at radius 3 is 3.00 bits per heavy atom. The molecule has 0 saturated heterocycles. The monoisotopic (exact) mass is 172 g/mol. The van der Waals surface area contributed by atoms with E-state index in [2.05, 4.69) is 35.3 Å². The molecule has 0 spiro atoms. The zero-order valence-corrected chi connectivity index (χ0v) is 7.83. The Bertz CT molecular complexity index is 452. The first kappa shape index (κ1) is 8.05. The number of aromatic amines is 1. The van der Waals surface area contributed by atoms with Gasteiger partial charge in [0.2, 0.25) is 0 Å². The van der Waals surface area contributed by atoms with Crippen molar-refractivity contribution in [2.75, 3.05) is 0 Å². The summed E-state index contributed by atoms with van der Waals surface area (Å²) in [6.07, 6.45) is 6.01. The summed E-state index contributed by atoms with van der Waals surface area (Å²) in [6.45, 7) is 4.13. The number of allylic oxidation sites excluding steroid dienone is 1. The summed E-state index contributed by atoms with van der Waals surface area (Å²) < 4.78 is 0. The average Bonchev–Trinajstić information content (AvgIpc) is 2.52. The lowest BCUT2D eigenvalue weighted by Gasteiger charge is -1.99. The van der Waals surface area contributed by atoms with Gasteiger partial charge < -0.3 is 0 Å². The number of nitrogens with zero attached hydrogens (tertiary/aromatic N) is 1. The number of fused-ring (bicyclic) bond motifs is 1. The van der Waals surface area contributed by atoms with Crippen LogP contribution in [0.3, 0.4) is 0 Å². The number of rotatable bonds is 1. The minimum atomic E-state index is 1.10. The summed E-state index contributed by atoms with van der Waals surface area (Å²) in [5, 5.41) is 8.12. The summed E-state index contributed by atoms with van der Waals surface area (Å²) >= 11 is 0. The van der Waals surface area contributed by atoms with Gasteiger partial charge in [0, 0.05) is 5.39 Å². The second-order valence-corrected chi connectivity index (χ2v) is 3.17. The zero-order chi connectivity index (χ0) is 9.26. The van der Waals surface area contributed by atoms with Crippen molar-refractivity contribution in [1.29, 1.82) is 0 Å². The minimum Gasteiger partial charge on any atom is -0.278 e. The summed E-state index contributed by atoms with van der Waals surface area (Å²) in [7, 11) is 0. The van der Waals surface area contributed by atoms with Crippen LogP contribution in [0.4, 0.5) is 0 Å². The van der Waals surface area contributed by atoms with Crippen LogP contribution in [0.5, 0.6) is 0 Å². The largest absolute Gasteiger partial charge is 0.278 e. The topological polar surface area (TPSA) is 28.7 Å². The second kappa shape index (κ2) is 3.05. The Kier molecular flexibility index (Phi) is 1.89. The standard InChI is InChI=1S/C11H12N2/c1-3-4-9-6-10-7-12-13-11(10)5-8(9)2/h3-7H,1-2H3,(H,12,13)/b4-3-. The number of nitrogens with one attached hydrogen (secondary N) is 1. The van der Waals surface area contributed by atoms with Gasteiger partial charge in [0.25, 0.3) is 0 Å². The molecule has 2 rings (SSSR count). The normalized spacial score (nSPS) is 11.5. The Morgan fingerprint density at radius 2 is 2.23 bits per heavy atom. The Hall–Kier alpha value is -1.57. The molecule has 66 valence electrons. The van der Waals surface area contributed by atoms with Gasteiger partial charge in [-0.05, 0) is 37.1 Å². The fraction of sp³-hybridized carbons (Fsp3) is 0.182. The highest BCUT2D eigenvalue weighted by Crippen LogP contribution is 2.18. The van der Waals surface area contributed by atoms with E-state index in [1.807, 2.05) is 19.2 Å². The van der Waals surface area contributed by atoms with Crippen LogP contribution in [0.25, 0.3) is 17.0 Å². The molecule has 0 radical (unpaired) electrons. The molecule has 2 heteroatoms. The van der Waals surface area contributed by atoms with Crippen LogP contribution < -0.4 is 0 Å². The quantitative estimate of drug-likeness (QED) is 0.704. The van der Waals surface area contributed by atoms with Crippen LogP contribution in [0.15, 0.2) is 24.4 Å². The third kappa shape index (κ3) is 1.35. The lowest BCUT2D eigenvalue weighted by Crippen LogP contribution is -1.80. The third-order valence-corrected chi connectivity index (χ3v) is 2.17. The number of benzene rings is 1. The second-order valence-electron chi connectivity index (χ2n) is 3.17. The predicted molar refractivity (Wildman–Crippen MR) is 55.5 cm³/mol. The molecule has 0 aliphatic rings. The van der Waals surface area contributed by atoms with Crippen molar-refractivity contribution in [2.24, 2.45) is 0 Å². The number of hydrogen-bond acceptors (Lipinski definition) is 1. The van der Waals surface area contributed by atoms with Gasteiger partial charge in [-0.25, -0.2) is 0 Å².